The maximum absolute atomic E-state index is 3.84. The average molecular weight is 131 g/mol. The molecule has 0 aromatic carbocycles. The fourth-order valence-corrected chi connectivity index (χ4v) is 2.29. The van der Waals surface area contributed by atoms with Crippen LogP contribution in [0.25, 0.3) is 0 Å². The number of hydrogen-bond acceptors (Lipinski definition) is 0. The Hall–Kier alpha value is 0.430. The lowest BCUT2D eigenvalue weighted by molar-refractivity contribution is 1.20. The maximum Gasteiger partial charge on any atom is -0.0326 e. The molecule has 49 valence electrons. The van der Waals surface area contributed by atoms with Gasteiger partial charge in [-0.1, -0.05) is 20.8 Å². The van der Waals surface area contributed by atoms with Gasteiger partial charge in [0.1, 0.15) is 0 Å². The second kappa shape index (κ2) is 5.56. The van der Waals surface area contributed by atoms with Crippen LogP contribution in [0.1, 0.15) is 20.3 Å². The number of hydrogen-bond donors (Lipinski definition) is 0. The Morgan fingerprint density at radius 3 is 1.88 bits per heavy atom. The molecular weight excluding hydrogens is 115 g/mol. The topological polar surface area (TPSA) is 0 Å². The first-order valence-electron chi connectivity index (χ1n) is 3.36. The summed E-state index contributed by atoms with van der Waals surface area (Å²) in [6.45, 7) is 8.40. The van der Waals surface area contributed by atoms with Gasteiger partial charge in [-0.2, -0.15) is 0 Å². The highest BCUT2D eigenvalue weighted by atomic mass is 31.1. The SMILES string of the molecule is [CH2]CCP(CC)CC. The van der Waals surface area contributed by atoms with Crippen molar-refractivity contribution >= 4 is 7.92 Å². The van der Waals surface area contributed by atoms with Crippen LogP contribution < -0.4 is 0 Å². The van der Waals surface area contributed by atoms with Crippen LogP contribution in [-0.2, 0) is 0 Å². The van der Waals surface area contributed by atoms with Crippen LogP contribution in [0.4, 0.5) is 0 Å². The van der Waals surface area contributed by atoms with E-state index in [0.29, 0.717) is 7.92 Å². The molecule has 0 atom stereocenters. The van der Waals surface area contributed by atoms with E-state index in [0.717, 1.165) is 6.42 Å². The van der Waals surface area contributed by atoms with Crippen molar-refractivity contribution in [3.63, 3.8) is 0 Å². The molecule has 0 nitrogen and oxygen atoms in total. The zero-order chi connectivity index (χ0) is 6.41. The maximum atomic E-state index is 3.84. The molecule has 1 radical (unpaired) electrons. The van der Waals surface area contributed by atoms with E-state index < -0.39 is 0 Å². The van der Waals surface area contributed by atoms with Crippen LogP contribution in [-0.4, -0.2) is 18.5 Å². The van der Waals surface area contributed by atoms with Crippen molar-refractivity contribution in [2.75, 3.05) is 18.5 Å². The Kier molecular flexibility index (Phi) is 5.86. The van der Waals surface area contributed by atoms with E-state index in [1.165, 1.54) is 18.5 Å². The number of rotatable bonds is 4. The molecule has 0 saturated heterocycles. The molecule has 1 heteroatoms. The first-order chi connectivity index (χ1) is 3.85. The third kappa shape index (κ3) is 3.43. The molecular formula is C7H16P. The first kappa shape index (κ1) is 8.43. The summed E-state index contributed by atoms with van der Waals surface area (Å²) >= 11 is 0. The Bertz CT molecular complexity index is 39.7. The largest absolute Gasteiger partial charge is 0.107 e. The molecule has 0 aliphatic rings. The van der Waals surface area contributed by atoms with Crippen molar-refractivity contribution in [3.8, 4) is 0 Å². The molecule has 0 amide bonds. The molecule has 0 rings (SSSR count). The minimum atomic E-state index is 0.381. The van der Waals surface area contributed by atoms with Crippen molar-refractivity contribution in [1.29, 1.82) is 0 Å². The van der Waals surface area contributed by atoms with Crippen LogP contribution in [0.3, 0.4) is 0 Å². The smallest absolute Gasteiger partial charge is 0.0326 e. The summed E-state index contributed by atoms with van der Waals surface area (Å²) in [5, 5.41) is 0. The van der Waals surface area contributed by atoms with Gasteiger partial charge in [-0.05, 0) is 24.9 Å². The summed E-state index contributed by atoms with van der Waals surface area (Å²) in [5.74, 6) is 0. The van der Waals surface area contributed by atoms with E-state index in [2.05, 4.69) is 20.8 Å². The Morgan fingerprint density at radius 1 is 1.25 bits per heavy atom. The van der Waals surface area contributed by atoms with Gasteiger partial charge in [0.05, 0.1) is 0 Å². The summed E-state index contributed by atoms with van der Waals surface area (Å²) < 4.78 is 0. The first-order valence-corrected chi connectivity index (χ1v) is 5.26. The summed E-state index contributed by atoms with van der Waals surface area (Å²) in [5.41, 5.74) is 0. The predicted octanol–water partition coefficient (Wildman–Crippen LogP) is 2.73. The van der Waals surface area contributed by atoms with Crippen LogP contribution in [0.5, 0.6) is 0 Å². The van der Waals surface area contributed by atoms with Gasteiger partial charge in [0.2, 0.25) is 0 Å². The van der Waals surface area contributed by atoms with E-state index in [1.807, 2.05) is 0 Å². The lowest BCUT2D eigenvalue weighted by atomic mass is 10.6. The van der Waals surface area contributed by atoms with Gasteiger partial charge in [-0.15, -0.1) is 7.92 Å². The molecule has 0 aromatic rings. The van der Waals surface area contributed by atoms with Gasteiger partial charge in [-0.25, -0.2) is 0 Å². The molecule has 0 saturated carbocycles. The molecule has 0 N–H and O–H groups in total. The highest BCUT2D eigenvalue weighted by Crippen LogP contribution is 2.34. The third-order valence-corrected chi connectivity index (χ3v) is 4.11. The van der Waals surface area contributed by atoms with Crippen LogP contribution in [0.15, 0.2) is 0 Å². The molecule has 0 aromatic heterocycles. The normalized spacial score (nSPS) is 10.5. The highest BCUT2D eigenvalue weighted by molar-refractivity contribution is 7.57. The van der Waals surface area contributed by atoms with E-state index in [1.54, 1.807) is 0 Å². The summed E-state index contributed by atoms with van der Waals surface area (Å²) in [4.78, 5) is 0. The zero-order valence-electron chi connectivity index (χ0n) is 5.98. The minimum absolute atomic E-state index is 0.381. The lowest BCUT2D eigenvalue weighted by Gasteiger charge is -2.09. The second-order valence-corrected chi connectivity index (χ2v) is 4.93. The standard InChI is InChI=1S/C7H16P/c1-4-7-8(5-2)6-3/h1,4-7H2,2-3H3. The predicted molar refractivity (Wildman–Crippen MR) is 42.8 cm³/mol. The summed E-state index contributed by atoms with van der Waals surface area (Å²) in [7, 11) is 0.381. The van der Waals surface area contributed by atoms with Gasteiger partial charge >= 0.3 is 0 Å². The Labute approximate surface area is 54.4 Å². The van der Waals surface area contributed by atoms with Crippen molar-refractivity contribution < 1.29 is 0 Å². The van der Waals surface area contributed by atoms with Crippen LogP contribution in [0, 0.1) is 6.92 Å². The quantitative estimate of drug-likeness (QED) is 0.514. The van der Waals surface area contributed by atoms with E-state index in [4.69, 9.17) is 0 Å². The van der Waals surface area contributed by atoms with Crippen molar-refractivity contribution in [2.45, 2.75) is 20.3 Å². The molecule has 0 spiro atoms. The van der Waals surface area contributed by atoms with E-state index >= 15 is 0 Å². The summed E-state index contributed by atoms with van der Waals surface area (Å²) in [6.07, 6.45) is 5.29. The van der Waals surface area contributed by atoms with Crippen molar-refractivity contribution in [3.05, 3.63) is 6.92 Å². The molecule has 0 unspecified atom stereocenters. The molecule has 0 bridgehead atoms. The molecule has 0 aliphatic heterocycles. The van der Waals surface area contributed by atoms with Gasteiger partial charge in [-0.3, -0.25) is 0 Å². The van der Waals surface area contributed by atoms with E-state index in [-0.39, 0.29) is 0 Å². The van der Waals surface area contributed by atoms with Crippen LogP contribution >= 0.6 is 7.92 Å². The van der Waals surface area contributed by atoms with Crippen LogP contribution in [0.2, 0.25) is 0 Å². The second-order valence-electron chi connectivity index (χ2n) is 1.88. The minimum Gasteiger partial charge on any atom is -0.107 e. The monoisotopic (exact) mass is 131 g/mol. The van der Waals surface area contributed by atoms with Gasteiger partial charge in [0, 0.05) is 0 Å². The van der Waals surface area contributed by atoms with Gasteiger partial charge in [0.15, 0.2) is 0 Å². The van der Waals surface area contributed by atoms with Gasteiger partial charge in [0.25, 0.3) is 0 Å². The van der Waals surface area contributed by atoms with E-state index in [9.17, 15) is 0 Å². The fourth-order valence-electron chi connectivity index (χ4n) is 0.763. The highest BCUT2D eigenvalue weighted by Gasteiger charge is 1.97. The third-order valence-electron chi connectivity index (χ3n) is 1.37. The average Bonchev–Trinajstić information content (AvgIpc) is 1.83. The lowest BCUT2D eigenvalue weighted by Crippen LogP contribution is -1.86. The Balaban J connectivity index is 3.07. The summed E-state index contributed by atoms with van der Waals surface area (Å²) in [6, 6.07) is 0. The molecule has 0 heterocycles. The Morgan fingerprint density at radius 2 is 1.75 bits per heavy atom. The fraction of sp³-hybridized carbons (Fsp3) is 0.857. The molecule has 8 heavy (non-hydrogen) atoms. The zero-order valence-corrected chi connectivity index (χ0v) is 6.88. The van der Waals surface area contributed by atoms with Crippen molar-refractivity contribution in [2.24, 2.45) is 0 Å². The molecule has 0 aliphatic carbocycles. The molecule has 0 fully saturated rings. The van der Waals surface area contributed by atoms with Crippen molar-refractivity contribution in [1.82, 2.24) is 0 Å². The van der Waals surface area contributed by atoms with Gasteiger partial charge < -0.3 is 0 Å².